The van der Waals surface area contributed by atoms with Crippen molar-refractivity contribution in [2.75, 3.05) is 13.2 Å². The highest BCUT2D eigenvalue weighted by molar-refractivity contribution is 5.91. The van der Waals surface area contributed by atoms with Crippen LogP contribution in [-0.2, 0) is 14.3 Å². The molecule has 0 unspecified atom stereocenters. The molecule has 6 heteroatoms. The van der Waals surface area contributed by atoms with Gasteiger partial charge < -0.3 is 13.9 Å². The second-order valence-corrected chi connectivity index (χ2v) is 5.59. The number of aromatic nitrogens is 1. The molecule has 0 saturated carbocycles. The smallest absolute Gasteiger partial charge is 0.220 e. The summed E-state index contributed by atoms with van der Waals surface area (Å²) in [6.07, 6.45) is 1.28. The van der Waals surface area contributed by atoms with Gasteiger partial charge in [-0.25, -0.2) is 4.98 Å². The predicted molar refractivity (Wildman–Crippen MR) is 81.8 cm³/mol. The lowest BCUT2D eigenvalue weighted by molar-refractivity contribution is -0.132. The van der Waals surface area contributed by atoms with Gasteiger partial charge in [-0.15, -0.1) is 0 Å². The zero-order valence-electron chi connectivity index (χ0n) is 12.9. The minimum atomic E-state index is -1.07. The van der Waals surface area contributed by atoms with E-state index in [0.717, 1.165) is 19.4 Å². The van der Waals surface area contributed by atoms with Crippen molar-refractivity contribution in [3.63, 3.8) is 0 Å². The first kappa shape index (κ1) is 15.7. The number of hydrogen-bond acceptors (Lipinski definition) is 6. The van der Waals surface area contributed by atoms with E-state index < -0.39 is 12.0 Å². The van der Waals surface area contributed by atoms with Crippen LogP contribution < -0.4 is 0 Å². The third kappa shape index (κ3) is 3.41. The van der Waals surface area contributed by atoms with Crippen LogP contribution in [0, 0.1) is 11.3 Å². The fourth-order valence-corrected chi connectivity index (χ4v) is 2.60. The van der Waals surface area contributed by atoms with E-state index in [0.29, 0.717) is 17.7 Å². The van der Waals surface area contributed by atoms with Gasteiger partial charge in [0.15, 0.2) is 17.3 Å². The summed E-state index contributed by atoms with van der Waals surface area (Å²) in [6.45, 7) is 2.74. The largest absolute Gasteiger partial charge is 0.439 e. The minimum absolute atomic E-state index is 0.0371. The van der Waals surface area contributed by atoms with Crippen LogP contribution in [0.3, 0.4) is 0 Å². The van der Waals surface area contributed by atoms with Crippen LogP contribution in [0.5, 0.6) is 0 Å². The molecule has 2 heterocycles. The maximum absolute atomic E-state index is 12.5. The van der Waals surface area contributed by atoms with E-state index in [9.17, 15) is 10.1 Å². The van der Waals surface area contributed by atoms with E-state index in [1.165, 1.54) is 0 Å². The van der Waals surface area contributed by atoms with Crippen LogP contribution in [0.4, 0.5) is 0 Å². The van der Waals surface area contributed by atoms with Gasteiger partial charge in [-0.1, -0.05) is 12.1 Å². The minimum Gasteiger partial charge on any atom is -0.439 e. The van der Waals surface area contributed by atoms with Crippen molar-refractivity contribution in [3.05, 3.63) is 30.2 Å². The molecule has 0 aliphatic carbocycles. The van der Waals surface area contributed by atoms with E-state index in [1.54, 1.807) is 19.1 Å². The molecule has 0 amide bonds. The first-order valence-corrected chi connectivity index (χ1v) is 7.71. The Kier molecular flexibility index (Phi) is 4.70. The summed E-state index contributed by atoms with van der Waals surface area (Å²) >= 11 is 0. The number of benzene rings is 1. The maximum atomic E-state index is 12.5. The Bertz CT molecular complexity index is 695. The highest BCUT2D eigenvalue weighted by Gasteiger charge is 2.31. The lowest BCUT2D eigenvalue weighted by atomic mass is 10.0. The zero-order chi connectivity index (χ0) is 16.2. The van der Waals surface area contributed by atoms with E-state index >= 15 is 0 Å². The third-order valence-electron chi connectivity index (χ3n) is 3.93. The van der Waals surface area contributed by atoms with Gasteiger partial charge in [0.05, 0.1) is 18.8 Å². The zero-order valence-corrected chi connectivity index (χ0v) is 12.9. The lowest BCUT2D eigenvalue weighted by Crippen LogP contribution is -2.29. The topological polar surface area (TPSA) is 85.4 Å². The van der Waals surface area contributed by atoms with E-state index in [4.69, 9.17) is 13.9 Å². The second kappa shape index (κ2) is 6.90. The summed E-state index contributed by atoms with van der Waals surface area (Å²) in [7, 11) is 0. The molecular formula is C17H18N2O4. The highest BCUT2D eigenvalue weighted by atomic mass is 16.5. The molecule has 0 radical (unpaired) electrons. The summed E-state index contributed by atoms with van der Waals surface area (Å²) in [6, 6.07) is 9.14. The number of carbonyl (C=O) groups excluding carboxylic acids is 1. The van der Waals surface area contributed by atoms with Crippen LogP contribution in [0.15, 0.2) is 28.7 Å². The predicted octanol–water partition coefficient (Wildman–Crippen LogP) is 2.59. The van der Waals surface area contributed by atoms with Crippen molar-refractivity contribution in [1.29, 1.82) is 5.26 Å². The highest BCUT2D eigenvalue weighted by Crippen LogP contribution is 2.23. The van der Waals surface area contributed by atoms with Crippen LogP contribution in [0.25, 0.3) is 11.1 Å². The van der Waals surface area contributed by atoms with E-state index in [1.807, 2.05) is 18.2 Å². The van der Waals surface area contributed by atoms with Gasteiger partial charge in [0.1, 0.15) is 11.6 Å². The second-order valence-electron chi connectivity index (χ2n) is 5.59. The number of ether oxygens (including phenoxy) is 2. The SMILES string of the molecule is C[C@H](OC[C@H]1CCCO1)C(=O)[C@H](C#N)c1nc2ccccc2o1. The van der Waals surface area contributed by atoms with Gasteiger partial charge in [-0.05, 0) is 31.9 Å². The molecule has 1 saturated heterocycles. The molecular weight excluding hydrogens is 296 g/mol. The number of oxazole rings is 1. The molecule has 0 bridgehead atoms. The fraction of sp³-hybridized carbons (Fsp3) is 0.471. The monoisotopic (exact) mass is 314 g/mol. The molecule has 120 valence electrons. The van der Waals surface area contributed by atoms with Gasteiger partial charge in [0.25, 0.3) is 0 Å². The number of nitriles is 1. The Balaban J connectivity index is 1.69. The maximum Gasteiger partial charge on any atom is 0.220 e. The van der Waals surface area contributed by atoms with E-state index in [-0.39, 0.29) is 17.8 Å². The molecule has 1 aliphatic heterocycles. The van der Waals surface area contributed by atoms with Gasteiger partial charge in [-0.2, -0.15) is 5.26 Å². The first-order chi connectivity index (χ1) is 11.2. The summed E-state index contributed by atoms with van der Waals surface area (Å²) in [5.41, 5.74) is 1.19. The molecule has 23 heavy (non-hydrogen) atoms. The molecule has 1 aromatic carbocycles. The quantitative estimate of drug-likeness (QED) is 0.814. The number of fused-ring (bicyclic) bond motifs is 1. The van der Waals surface area contributed by atoms with E-state index in [2.05, 4.69) is 4.98 Å². The first-order valence-electron chi connectivity index (χ1n) is 7.71. The Morgan fingerprint density at radius 2 is 2.35 bits per heavy atom. The Labute approximate surface area is 134 Å². The van der Waals surface area contributed by atoms with Crippen molar-refractivity contribution in [1.82, 2.24) is 4.98 Å². The van der Waals surface area contributed by atoms with Gasteiger partial charge >= 0.3 is 0 Å². The van der Waals surface area contributed by atoms with Crippen molar-refractivity contribution >= 4 is 16.9 Å². The molecule has 3 rings (SSSR count). The molecule has 0 spiro atoms. The van der Waals surface area contributed by atoms with Crippen molar-refractivity contribution in [2.24, 2.45) is 0 Å². The van der Waals surface area contributed by atoms with Gasteiger partial charge in [-0.3, -0.25) is 4.79 Å². The Morgan fingerprint density at radius 3 is 3.04 bits per heavy atom. The van der Waals surface area contributed by atoms with Crippen LogP contribution in [-0.4, -0.2) is 36.2 Å². The number of ketones is 1. The number of carbonyl (C=O) groups is 1. The van der Waals surface area contributed by atoms with Crippen molar-refractivity contribution < 1.29 is 18.7 Å². The summed E-state index contributed by atoms with van der Waals surface area (Å²) in [5.74, 6) is -1.30. The number of nitrogens with zero attached hydrogens (tertiary/aromatic N) is 2. The van der Waals surface area contributed by atoms with Crippen molar-refractivity contribution in [2.45, 2.75) is 37.9 Å². The number of rotatable bonds is 6. The Hall–Kier alpha value is -2.23. The van der Waals surface area contributed by atoms with Crippen LogP contribution >= 0.6 is 0 Å². The molecule has 2 aromatic rings. The van der Waals surface area contributed by atoms with Gasteiger partial charge in [0, 0.05) is 6.61 Å². The molecule has 3 atom stereocenters. The van der Waals surface area contributed by atoms with Crippen LogP contribution in [0.2, 0.25) is 0 Å². The standard InChI is InChI=1S/C17H18N2O4/c1-11(22-10-12-5-4-8-21-12)16(20)13(9-18)17-19-14-6-2-3-7-15(14)23-17/h2-3,6-7,11-13H,4-5,8,10H2,1H3/t11-,12+,13-/m0/s1. The average molecular weight is 314 g/mol. The van der Waals surface area contributed by atoms with Gasteiger partial charge in [0.2, 0.25) is 5.89 Å². The summed E-state index contributed by atoms with van der Waals surface area (Å²) < 4.78 is 16.6. The summed E-state index contributed by atoms with van der Waals surface area (Å²) in [5, 5.41) is 9.35. The molecule has 1 aliphatic rings. The number of hydrogen-bond donors (Lipinski definition) is 0. The summed E-state index contributed by atoms with van der Waals surface area (Å²) in [4.78, 5) is 16.7. The molecule has 1 aromatic heterocycles. The number of para-hydroxylation sites is 2. The molecule has 1 fully saturated rings. The number of Topliss-reactive ketones (excluding diaryl/α,β-unsaturated/α-hetero) is 1. The Morgan fingerprint density at radius 1 is 1.52 bits per heavy atom. The van der Waals surface area contributed by atoms with Crippen molar-refractivity contribution in [3.8, 4) is 6.07 Å². The molecule has 6 nitrogen and oxygen atoms in total. The third-order valence-corrected chi connectivity index (χ3v) is 3.93. The fourth-order valence-electron chi connectivity index (χ4n) is 2.60. The average Bonchev–Trinajstić information content (AvgIpc) is 3.22. The van der Waals surface area contributed by atoms with Crippen LogP contribution in [0.1, 0.15) is 31.6 Å². The lowest BCUT2D eigenvalue weighted by Gasteiger charge is -2.16. The normalized spacial score (nSPS) is 20.3. The molecule has 0 N–H and O–H groups in total.